The largest absolute Gasteiger partial charge is 0.464 e. The molecule has 2 heterocycles. The molecule has 0 bridgehead atoms. The molecule has 24 heavy (non-hydrogen) atoms. The lowest BCUT2D eigenvalue weighted by Gasteiger charge is -2.41. The fourth-order valence-electron chi connectivity index (χ4n) is 3.00. The Morgan fingerprint density at radius 1 is 1.46 bits per heavy atom. The summed E-state index contributed by atoms with van der Waals surface area (Å²) < 4.78 is 11.8. The molecule has 128 valence electrons. The third-order valence-electron chi connectivity index (χ3n) is 4.57. The lowest BCUT2D eigenvalue weighted by molar-refractivity contribution is -0.0440. The Hall–Kier alpha value is -1.66. The molecule has 0 amide bonds. The zero-order chi connectivity index (χ0) is 17.3. The van der Waals surface area contributed by atoms with Gasteiger partial charge in [0.15, 0.2) is 5.69 Å². The predicted octanol–water partition coefficient (Wildman–Crippen LogP) is 3.79. The summed E-state index contributed by atoms with van der Waals surface area (Å²) in [6, 6.07) is 7.70. The third-order valence-corrected chi connectivity index (χ3v) is 5.06. The molecular formula is C18H21BrN2O3. The number of carbonyl (C=O) groups excluding carboxylic acids is 1. The molecule has 1 aliphatic heterocycles. The van der Waals surface area contributed by atoms with Crippen molar-refractivity contribution < 1.29 is 14.3 Å². The van der Waals surface area contributed by atoms with E-state index in [1.54, 1.807) is 0 Å². The molecule has 1 aromatic heterocycles. The molecule has 6 heteroatoms. The van der Waals surface area contributed by atoms with E-state index in [2.05, 4.69) is 39.7 Å². The second-order valence-corrected chi connectivity index (χ2v) is 7.17. The monoisotopic (exact) mass is 392 g/mol. The number of rotatable bonds is 3. The number of hydrogen-bond donors (Lipinski definition) is 0. The molecule has 2 aromatic rings. The first-order valence-electron chi connectivity index (χ1n) is 8.03. The van der Waals surface area contributed by atoms with E-state index in [1.807, 2.05) is 24.3 Å². The Bertz CT molecular complexity index is 780. The smallest absolute Gasteiger partial charge is 0.356 e. The zero-order valence-electron chi connectivity index (χ0n) is 14.1. The van der Waals surface area contributed by atoms with Crippen LogP contribution in [0.25, 0.3) is 10.9 Å². The topological polar surface area (TPSA) is 51.7 Å². The fourth-order valence-corrected chi connectivity index (χ4v) is 3.36. The molecule has 5 nitrogen and oxygen atoms in total. The number of fused-ring (bicyclic) bond motifs is 1. The minimum atomic E-state index is -0.424. The summed E-state index contributed by atoms with van der Waals surface area (Å²) in [6.45, 7) is 6.47. The van der Waals surface area contributed by atoms with Crippen LogP contribution in [-0.2, 0) is 9.47 Å². The lowest BCUT2D eigenvalue weighted by Crippen LogP contribution is -2.50. The minimum Gasteiger partial charge on any atom is -0.464 e. The number of methoxy groups -OCH3 is 1. The van der Waals surface area contributed by atoms with E-state index in [-0.39, 0.29) is 5.60 Å². The van der Waals surface area contributed by atoms with Gasteiger partial charge in [0, 0.05) is 28.6 Å². The number of aromatic nitrogens is 1. The lowest BCUT2D eigenvalue weighted by atomic mass is 10.00. The van der Waals surface area contributed by atoms with Crippen molar-refractivity contribution in [3.63, 3.8) is 0 Å². The van der Waals surface area contributed by atoms with Gasteiger partial charge in [0.2, 0.25) is 0 Å². The van der Waals surface area contributed by atoms with Gasteiger partial charge >= 0.3 is 5.97 Å². The average molecular weight is 393 g/mol. The summed E-state index contributed by atoms with van der Waals surface area (Å²) in [5.41, 5.74) is 1.91. The van der Waals surface area contributed by atoms with Crippen molar-refractivity contribution in [2.45, 2.75) is 25.9 Å². The van der Waals surface area contributed by atoms with Crippen LogP contribution in [0.2, 0.25) is 0 Å². The molecule has 0 aliphatic carbocycles. The number of benzene rings is 1. The maximum Gasteiger partial charge on any atom is 0.356 e. The van der Waals surface area contributed by atoms with Crippen LogP contribution in [0.5, 0.6) is 0 Å². The molecular weight excluding hydrogens is 372 g/mol. The first-order valence-corrected chi connectivity index (χ1v) is 8.82. The Morgan fingerprint density at radius 3 is 2.96 bits per heavy atom. The highest BCUT2D eigenvalue weighted by atomic mass is 79.9. The SMILES string of the molecule is CCC1(C)CN(c2cc(C(=O)OC)nc3ccc(Br)cc23)CCO1. The molecule has 1 saturated heterocycles. The zero-order valence-corrected chi connectivity index (χ0v) is 15.7. The maximum absolute atomic E-state index is 12.0. The molecule has 1 atom stereocenters. The highest BCUT2D eigenvalue weighted by molar-refractivity contribution is 9.10. The van der Waals surface area contributed by atoms with Gasteiger partial charge < -0.3 is 14.4 Å². The number of anilines is 1. The first-order chi connectivity index (χ1) is 11.5. The molecule has 1 aliphatic rings. The molecule has 0 radical (unpaired) electrons. The highest BCUT2D eigenvalue weighted by Crippen LogP contribution is 2.33. The number of pyridine rings is 1. The maximum atomic E-state index is 12.0. The third kappa shape index (κ3) is 3.26. The van der Waals surface area contributed by atoms with E-state index in [0.29, 0.717) is 12.3 Å². The van der Waals surface area contributed by atoms with Gasteiger partial charge in [-0.2, -0.15) is 0 Å². The predicted molar refractivity (Wildman–Crippen MR) is 97.6 cm³/mol. The summed E-state index contributed by atoms with van der Waals surface area (Å²) in [4.78, 5) is 18.7. The van der Waals surface area contributed by atoms with Gasteiger partial charge in [-0.25, -0.2) is 9.78 Å². The Labute approximate surface area is 150 Å². The molecule has 0 spiro atoms. The average Bonchev–Trinajstić information content (AvgIpc) is 2.60. The van der Waals surface area contributed by atoms with Gasteiger partial charge in [-0.05, 0) is 37.6 Å². The summed E-state index contributed by atoms with van der Waals surface area (Å²) in [5.74, 6) is -0.424. The van der Waals surface area contributed by atoms with Gasteiger partial charge in [-0.15, -0.1) is 0 Å². The quantitative estimate of drug-likeness (QED) is 0.743. The molecule has 0 N–H and O–H groups in total. The van der Waals surface area contributed by atoms with E-state index >= 15 is 0 Å². The molecule has 1 aromatic carbocycles. The van der Waals surface area contributed by atoms with E-state index in [9.17, 15) is 4.79 Å². The number of nitrogens with zero attached hydrogens (tertiary/aromatic N) is 2. The van der Waals surface area contributed by atoms with Crippen LogP contribution in [0.15, 0.2) is 28.7 Å². The van der Waals surface area contributed by atoms with Gasteiger partial charge in [-0.1, -0.05) is 22.9 Å². The molecule has 0 saturated carbocycles. The number of carbonyl (C=O) groups is 1. The van der Waals surface area contributed by atoms with Crippen LogP contribution < -0.4 is 4.90 Å². The summed E-state index contributed by atoms with van der Waals surface area (Å²) in [6.07, 6.45) is 0.931. The summed E-state index contributed by atoms with van der Waals surface area (Å²) >= 11 is 3.53. The van der Waals surface area contributed by atoms with E-state index in [4.69, 9.17) is 9.47 Å². The van der Waals surface area contributed by atoms with E-state index in [1.165, 1.54) is 7.11 Å². The van der Waals surface area contributed by atoms with Crippen LogP contribution >= 0.6 is 15.9 Å². The van der Waals surface area contributed by atoms with Gasteiger partial charge in [0.05, 0.1) is 24.8 Å². The fraction of sp³-hybridized carbons (Fsp3) is 0.444. The number of halogens is 1. The molecule has 1 fully saturated rings. The van der Waals surface area contributed by atoms with Crippen molar-refractivity contribution in [1.29, 1.82) is 0 Å². The number of ether oxygens (including phenoxy) is 2. The van der Waals surface area contributed by atoms with E-state index in [0.717, 1.165) is 40.6 Å². The first kappa shape index (κ1) is 17.2. The van der Waals surface area contributed by atoms with Gasteiger partial charge in [0.1, 0.15) is 0 Å². The summed E-state index contributed by atoms with van der Waals surface area (Å²) in [7, 11) is 1.37. The van der Waals surface area contributed by atoms with Crippen molar-refractivity contribution in [1.82, 2.24) is 4.98 Å². The molecule has 3 rings (SSSR count). The van der Waals surface area contributed by atoms with Crippen molar-refractivity contribution in [3.8, 4) is 0 Å². The van der Waals surface area contributed by atoms with E-state index < -0.39 is 5.97 Å². The van der Waals surface area contributed by atoms with Crippen LogP contribution in [0.1, 0.15) is 30.8 Å². The highest BCUT2D eigenvalue weighted by Gasteiger charge is 2.31. The summed E-state index contributed by atoms with van der Waals surface area (Å²) in [5, 5.41) is 1.01. The van der Waals surface area contributed by atoms with Crippen molar-refractivity contribution >= 4 is 38.5 Å². The normalized spacial score (nSPS) is 21.1. The van der Waals surface area contributed by atoms with Crippen LogP contribution in [-0.4, -0.2) is 43.4 Å². The van der Waals surface area contributed by atoms with Crippen LogP contribution in [0.4, 0.5) is 5.69 Å². The minimum absolute atomic E-state index is 0.189. The van der Waals surface area contributed by atoms with Gasteiger partial charge in [0.25, 0.3) is 0 Å². The number of hydrogen-bond acceptors (Lipinski definition) is 5. The Balaban J connectivity index is 2.13. The van der Waals surface area contributed by atoms with Crippen molar-refractivity contribution in [3.05, 3.63) is 34.4 Å². The molecule has 1 unspecified atom stereocenters. The van der Waals surface area contributed by atoms with Gasteiger partial charge in [-0.3, -0.25) is 0 Å². The second kappa shape index (κ2) is 6.69. The van der Waals surface area contributed by atoms with Crippen LogP contribution in [0.3, 0.4) is 0 Å². The van der Waals surface area contributed by atoms with Crippen LogP contribution in [0, 0.1) is 0 Å². The second-order valence-electron chi connectivity index (χ2n) is 6.25. The van der Waals surface area contributed by atoms with Crippen molar-refractivity contribution in [2.24, 2.45) is 0 Å². The number of morpholine rings is 1. The standard InChI is InChI=1S/C18H21BrN2O3/c1-4-18(2)11-21(7-8-24-18)16-10-15(17(22)23-3)20-14-6-5-12(19)9-13(14)16/h5-6,9-10H,4,7-8,11H2,1-3H3. The number of esters is 1. The Morgan fingerprint density at radius 2 is 2.25 bits per heavy atom. The van der Waals surface area contributed by atoms with Crippen molar-refractivity contribution in [2.75, 3.05) is 31.7 Å². The Kier molecular flexibility index (Phi) is 4.78.